The highest BCUT2D eigenvalue weighted by Gasteiger charge is 2.28. The summed E-state index contributed by atoms with van der Waals surface area (Å²) in [7, 11) is 0. The summed E-state index contributed by atoms with van der Waals surface area (Å²) >= 11 is 0. The second-order valence-electron chi connectivity index (χ2n) is 3.67. The zero-order valence-corrected chi connectivity index (χ0v) is 9.01. The lowest BCUT2D eigenvalue weighted by Crippen LogP contribution is -2.31. The third kappa shape index (κ3) is 1.82. The maximum Gasteiger partial charge on any atom is 0.337 e. The molecular formula is C12H9NO4. The van der Waals surface area contributed by atoms with E-state index in [2.05, 4.69) is 0 Å². The first-order valence-electron chi connectivity index (χ1n) is 4.91. The quantitative estimate of drug-likeness (QED) is 0.774. The molecule has 2 amide bonds. The van der Waals surface area contributed by atoms with Gasteiger partial charge in [-0.3, -0.25) is 9.59 Å². The van der Waals surface area contributed by atoms with Crippen molar-refractivity contribution >= 4 is 23.5 Å². The number of carbonyl (C=O) groups excluding carboxylic acids is 2. The van der Waals surface area contributed by atoms with Crippen molar-refractivity contribution in [2.45, 2.75) is 6.92 Å². The maximum atomic E-state index is 11.5. The normalized spacial score (nSPS) is 14.5. The van der Waals surface area contributed by atoms with Crippen molar-refractivity contribution in [3.05, 3.63) is 41.5 Å². The summed E-state index contributed by atoms with van der Waals surface area (Å²) in [5, 5.41) is 9.05. The molecule has 5 heteroatoms. The van der Waals surface area contributed by atoms with Gasteiger partial charge in [0.05, 0.1) is 11.3 Å². The number of imide groups is 1. The van der Waals surface area contributed by atoms with Gasteiger partial charge in [0.25, 0.3) is 11.8 Å². The number of hydrogen-bond acceptors (Lipinski definition) is 3. The molecule has 0 bridgehead atoms. The van der Waals surface area contributed by atoms with Gasteiger partial charge in [0, 0.05) is 12.2 Å². The smallest absolute Gasteiger partial charge is 0.337 e. The number of amides is 2. The molecule has 17 heavy (non-hydrogen) atoms. The van der Waals surface area contributed by atoms with Crippen molar-refractivity contribution < 1.29 is 19.5 Å². The lowest BCUT2D eigenvalue weighted by molar-refractivity contribution is -0.119. The number of anilines is 1. The van der Waals surface area contributed by atoms with Crippen molar-refractivity contribution in [3.8, 4) is 0 Å². The lowest BCUT2D eigenvalue weighted by Gasteiger charge is -2.16. The van der Waals surface area contributed by atoms with Crippen molar-refractivity contribution in [1.29, 1.82) is 0 Å². The average Bonchev–Trinajstić information content (AvgIpc) is 2.59. The van der Waals surface area contributed by atoms with E-state index in [0.29, 0.717) is 0 Å². The molecule has 86 valence electrons. The van der Waals surface area contributed by atoms with Gasteiger partial charge in [-0.25, -0.2) is 9.69 Å². The molecule has 0 fully saturated rings. The number of rotatable bonds is 2. The molecule has 0 spiro atoms. The van der Waals surface area contributed by atoms with Gasteiger partial charge in [-0.05, 0) is 19.1 Å². The third-order valence-corrected chi connectivity index (χ3v) is 2.43. The van der Waals surface area contributed by atoms with Crippen molar-refractivity contribution in [3.63, 3.8) is 0 Å². The Morgan fingerprint density at radius 2 is 1.76 bits per heavy atom. The highest BCUT2D eigenvalue weighted by molar-refractivity contribution is 6.29. The van der Waals surface area contributed by atoms with Crippen LogP contribution in [0.15, 0.2) is 30.4 Å². The molecule has 0 radical (unpaired) electrons. The Bertz CT molecular complexity index is 542. The van der Waals surface area contributed by atoms with Gasteiger partial charge >= 0.3 is 5.97 Å². The van der Waals surface area contributed by atoms with Crippen LogP contribution >= 0.6 is 0 Å². The molecule has 0 saturated heterocycles. The Balaban J connectivity index is 2.56. The van der Waals surface area contributed by atoms with Crippen LogP contribution in [0.2, 0.25) is 0 Å². The number of carbonyl (C=O) groups is 3. The first-order chi connectivity index (χ1) is 8.00. The molecule has 0 aromatic heterocycles. The first kappa shape index (κ1) is 11.1. The van der Waals surface area contributed by atoms with E-state index < -0.39 is 17.8 Å². The SMILES string of the molecule is Cc1ccc(N2C(=O)C=CC2=O)c(C(=O)O)c1. The average molecular weight is 231 g/mol. The third-order valence-electron chi connectivity index (χ3n) is 2.43. The molecule has 1 aromatic rings. The van der Waals surface area contributed by atoms with Crippen LogP contribution in [-0.4, -0.2) is 22.9 Å². The fraction of sp³-hybridized carbons (Fsp3) is 0.0833. The van der Waals surface area contributed by atoms with Crippen LogP contribution < -0.4 is 4.90 Å². The van der Waals surface area contributed by atoms with E-state index >= 15 is 0 Å². The Morgan fingerprint density at radius 3 is 2.29 bits per heavy atom. The standard InChI is InChI=1S/C12H9NO4/c1-7-2-3-9(8(6-7)12(16)17)13-10(14)4-5-11(13)15/h2-6H,1H3,(H,16,17). The Morgan fingerprint density at radius 1 is 1.18 bits per heavy atom. The number of hydrogen-bond donors (Lipinski definition) is 1. The minimum atomic E-state index is -1.17. The van der Waals surface area contributed by atoms with Gasteiger partial charge in [0.1, 0.15) is 0 Å². The Labute approximate surface area is 97.0 Å². The predicted octanol–water partition coefficient (Wildman–Crippen LogP) is 1.12. The fourth-order valence-corrected chi connectivity index (χ4v) is 1.65. The second-order valence-corrected chi connectivity index (χ2v) is 3.67. The highest BCUT2D eigenvalue weighted by atomic mass is 16.4. The van der Waals surface area contributed by atoms with Crippen LogP contribution in [0.5, 0.6) is 0 Å². The summed E-state index contributed by atoms with van der Waals surface area (Å²) in [4.78, 5) is 34.9. The second kappa shape index (κ2) is 3.86. The van der Waals surface area contributed by atoms with Crippen molar-refractivity contribution in [1.82, 2.24) is 0 Å². The molecule has 0 unspecified atom stereocenters. The van der Waals surface area contributed by atoms with Crippen LogP contribution in [0.4, 0.5) is 5.69 Å². The Kier molecular flexibility index (Phi) is 2.51. The minimum absolute atomic E-state index is 0.0598. The summed E-state index contributed by atoms with van der Waals surface area (Å²) in [5.74, 6) is -2.22. The number of carboxylic acid groups (broad SMARTS) is 1. The number of nitrogens with zero attached hydrogens (tertiary/aromatic N) is 1. The van der Waals surface area contributed by atoms with Gasteiger partial charge in [0.2, 0.25) is 0 Å². The molecule has 2 rings (SSSR count). The summed E-state index contributed by atoms with van der Waals surface area (Å²) in [6, 6.07) is 4.54. The Hall–Kier alpha value is -2.43. The number of benzene rings is 1. The zero-order valence-electron chi connectivity index (χ0n) is 9.01. The first-order valence-corrected chi connectivity index (χ1v) is 4.91. The maximum absolute atomic E-state index is 11.5. The van der Waals surface area contributed by atoms with Crippen molar-refractivity contribution in [2.24, 2.45) is 0 Å². The van der Waals surface area contributed by atoms with Gasteiger partial charge in [-0.2, -0.15) is 0 Å². The molecule has 5 nitrogen and oxygen atoms in total. The fourth-order valence-electron chi connectivity index (χ4n) is 1.65. The topological polar surface area (TPSA) is 74.7 Å². The van der Waals surface area contributed by atoms with E-state index in [9.17, 15) is 14.4 Å². The molecule has 1 aliphatic rings. The molecule has 1 N–H and O–H groups in total. The van der Waals surface area contributed by atoms with Crippen LogP contribution in [0.25, 0.3) is 0 Å². The van der Waals surface area contributed by atoms with E-state index in [-0.39, 0.29) is 11.3 Å². The highest BCUT2D eigenvalue weighted by Crippen LogP contribution is 2.24. The molecule has 0 saturated carbocycles. The summed E-state index contributed by atoms with van der Waals surface area (Å²) < 4.78 is 0. The molecular weight excluding hydrogens is 222 g/mol. The van der Waals surface area contributed by atoms with Crippen molar-refractivity contribution in [2.75, 3.05) is 4.90 Å². The zero-order chi connectivity index (χ0) is 12.6. The summed E-state index contributed by atoms with van der Waals surface area (Å²) in [6.07, 6.45) is 2.24. The van der Waals surface area contributed by atoms with Crippen LogP contribution in [-0.2, 0) is 9.59 Å². The summed E-state index contributed by atoms with van der Waals surface area (Å²) in [5.41, 5.74) is 0.789. The molecule has 1 aliphatic heterocycles. The van der Waals surface area contributed by atoms with E-state index in [0.717, 1.165) is 22.6 Å². The number of aromatic carboxylic acids is 1. The van der Waals surface area contributed by atoms with Gasteiger partial charge in [-0.1, -0.05) is 11.6 Å². The van der Waals surface area contributed by atoms with E-state index in [1.54, 1.807) is 13.0 Å². The van der Waals surface area contributed by atoms with E-state index in [4.69, 9.17) is 5.11 Å². The van der Waals surface area contributed by atoms with Crippen LogP contribution in [0.1, 0.15) is 15.9 Å². The molecule has 1 heterocycles. The predicted molar refractivity (Wildman–Crippen MR) is 59.8 cm³/mol. The lowest BCUT2D eigenvalue weighted by atomic mass is 10.1. The molecule has 0 aliphatic carbocycles. The van der Waals surface area contributed by atoms with Gasteiger partial charge < -0.3 is 5.11 Å². The van der Waals surface area contributed by atoms with Gasteiger partial charge in [-0.15, -0.1) is 0 Å². The number of carboxylic acids is 1. The van der Waals surface area contributed by atoms with Crippen LogP contribution in [0, 0.1) is 6.92 Å². The largest absolute Gasteiger partial charge is 0.478 e. The van der Waals surface area contributed by atoms with Crippen LogP contribution in [0.3, 0.4) is 0 Å². The summed E-state index contributed by atoms with van der Waals surface area (Å²) in [6.45, 7) is 1.74. The van der Waals surface area contributed by atoms with E-state index in [1.807, 2.05) is 0 Å². The minimum Gasteiger partial charge on any atom is -0.478 e. The monoisotopic (exact) mass is 231 g/mol. The van der Waals surface area contributed by atoms with Gasteiger partial charge in [0.15, 0.2) is 0 Å². The van der Waals surface area contributed by atoms with E-state index in [1.165, 1.54) is 12.1 Å². The molecule has 1 aromatic carbocycles. The molecule has 0 atom stereocenters. The number of aryl methyl sites for hydroxylation is 1.